The van der Waals surface area contributed by atoms with Gasteiger partial charge in [0, 0.05) is 12.1 Å². The minimum atomic E-state index is -3.65. The van der Waals surface area contributed by atoms with E-state index < -0.39 is 10.0 Å². The number of sulfonamides is 1. The summed E-state index contributed by atoms with van der Waals surface area (Å²) >= 11 is 5.07. The van der Waals surface area contributed by atoms with Crippen molar-refractivity contribution in [2.75, 3.05) is 5.32 Å². The molecule has 0 spiro atoms. The van der Waals surface area contributed by atoms with Crippen LogP contribution in [0.1, 0.15) is 26.0 Å². The van der Waals surface area contributed by atoms with Gasteiger partial charge in [-0.25, -0.2) is 13.1 Å². The van der Waals surface area contributed by atoms with Gasteiger partial charge in [-0.2, -0.15) is 0 Å². The highest BCUT2D eigenvalue weighted by Gasteiger charge is 2.14. The van der Waals surface area contributed by atoms with E-state index in [1.807, 2.05) is 13.8 Å². The van der Waals surface area contributed by atoms with Crippen LogP contribution in [0.4, 0.5) is 5.69 Å². The van der Waals surface area contributed by atoms with Crippen molar-refractivity contribution in [3.05, 3.63) is 48.4 Å². The summed E-state index contributed by atoms with van der Waals surface area (Å²) in [6.45, 7) is 3.95. The normalized spacial score (nSPS) is 11.3. The number of benzene rings is 1. The van der Waals surface area contributed by atoms with Crippen molar-refractivity contribution in [3.63, 3.8) is 0 Å². The minimum Gasteiger partial charge on any atom is -0.468 e. The summed E-state index contributed by atoms with van der Waals surface area (Å²) < 4.78 is 32.1. The van der Waals surface area contributed by atoms with E-state index in [1.54, 1.807) is 24.3 Å². The van der Waals surface area contributed by atoms with Gasteiger partial charge in [-0.3, -0.25) is 4.79 Å². The lowest BCUT2D eigenvalue weighted by Gasteiger charge is -2.11. The maximum Gasteiger partial charge on any atom is 0.240 e. The highest BCUT2D eigenvalue weighted by Crippen LogP contribution is 2.14. The van der Waals surface area contributed by atoms with Crippen LogP contribution in [0.2, 0.25) is 0 Å². The maximum absolute atomic E-state index is 12.3. The zero-order chi connectivity index (χ0) is 19.2. The van der Waals surface area contributed by atoms with Gasteiger partial charge in [-0.1, -0.05) is 13.8 Å². The van der Waals surface area contributed by atoms with Crippen LogP contribution in [-0.4, -0.2) is 19.4 Å². The van der Waals surface area contributed by atoms with Crippen LogP contribution in [0.5, 0.6) is 0 Å². The van der Waals surface area contributed by atoms with Crippen molar-refractivity contribution in [1.29, 1.82) is 0 Å². The predicted molar refractivity (Wildman–Crippen MR) is 103 cm³/mol. The first-order valence-corrected chi connectivity index (χ1v) is 9.88. The Morgan fingerprint density at radius 2 is 1.88 bits per heavy atom. The molecule has 1 aromatic heterocycles. The van der Waals surface area contributed by atoms with Crippen LogP contribution in [0.25, 0.3) is 0 Å². The summed E-state index contributed by atoms with van der Waals surface area (Å²) in [5.74, 6) is 0.587. The Balaban J connectivity index is 1.92. The summed E-state index contributed by atoms with van der Waals surface area (Å²) in [4.78, 5) is 11.8. The molecular formula is C17H21N3O4S2. The van der Waals surface area contributed by atoms with E-state index in [9.17, 15) is 13.2 Å². The van der Waals surface area contributed by atoms with Gasteiger partial charge in [0.1, 0.15) is 5.76 Å². The molecular weight excluding hydrogens is 374 g/mol. The second kappa shape index (κ2) is 8.93. The van der Waals surface area contributed by atoms with E-state index >= 15 is 0 Å². The smallest absolute Gasteiger partial charge is 0.240 e. The molecule has 0 radical (unpaired) electrons. The molecule has 1 heterocycles. The number of nitrogens with one attached hydrogen (secondary N) is 3. The summed E-state index contributed by atoms with van der Waals surface area (Å²) in [5.41, 5.74) is 0.574. The van der Waals surface area contributed by atoms with Gasteiger partial charge in [0.05, 0.1) is 17.7 Å². The van der Waals surface area contributed by atoms with Crippen LogP contribution in [0.15, 0.2) is 52.0 Å². The van der Waals surface area contributed by atoms with E-state index in [-0.39, 0.29) is 28.4 Å². The van der Waals surface area contributed by atoms with Crippen LogP contribution in [-0.2, 0) is 21.4 Å². The highest BCUT2D eigenvalue weighted by molar-refractivity contribution is 7.89. The van der Waals surface area contributed by atoms with E-state index in [0.717, 1.165) is 0 Å². The predicted octanol–water partition coefficient (Wildman–Crippen LogP) is 2.62. The molecule has 0 saturated carbocycles. The fourth-order valence-corrected chi connectivity index (χ4v) is 3.32. The fraction of sp³-hybridized carbons (Fsp3) is 0.294. The van der Waals surface area contributed by atoms with Crippen LogP contribution in [0, 0.1) is 5.92 Å². The quantitative estimate of drug-likeness (QED) is 0.623. The van der Waals surface area contributed by atoms with E-state index in [0.29, 0.717) is 17.9 Å². The Morgan fingerprint density at radius 1 is 1.19 bits per heavy atom. The molecule has 2 rings (SSSR count). The number of carbonyl (C=O) groups is 1. The average Bonchev–Trinajstić information content (AvgIpc) is 3.06. The third-order valence-electron chi connectivity index (χ3n) is 3.29. The van der Waals surface area contributed by atoms with E-state index in [2.05, 4.69) is 15.4 Å². The zero-order valence-corrected chi connectivity index (χ0v) is 16.1. The fourth-order valence-electron chi connectivity index (χ4n) is 2.09. The molecule has 0 fully saturated rings. The molecule has 0 aliphatic carbocycles. The van der Waals surface area contributed by atoms with Crippen molar-refractivity contribution in [2.24, 2.45) is 5.92 Å². The Bertz CT molecular complexity index is 845. The van der Waals surface area contributed by atoms with Gasteiger partial charge in [0.15, 0.2) is 5.11 Å². The second-order valence-corrected chi connectivity index (χ2v) is 8.20. The first kappa shape index (κ1) is 20.1. The summed E-state index contributed by atoms with van der Waals surface area (Å²) in [5, 5.41) is 5.60. The molecule has 0 bridgehead atoms. The lowest BCUT2D eigenvalue weighted by Crippen LogP contribution is -2.34. The van der Waals surface area contributed by atoms with Gasteiger partial charge in [0.25, 0.3) is 0 Å². The van der Waals surface area contributed by atoms with Crippen LogP contribution in [0.3, 0.4) is 0 Å². The molecule has 3 N–H and O–H groups in total. The number of furan rings is 1. The van der Waals surface area contributed by atoms with Crippen LogP contribution < -0.4 is 15.4 Å². The molecule has 0 saturated heterocycles. The summed E-state index contributed by atoms with van der Waals surface area (Å²) in [6, 6.07) is 9.42. The lowest BCUT2D eigenvalue weighted by atomic mass is 10.1. The largest absolute Gasteiger partial charge is 0.468 e. The molecule has 0 unspecified atom stereocenters. The molecule has 0 atom stereocenters. The van der Waals surface area contributed by atoms with Crippen molar-refractivity contribution >= 4 is 38.9 Å². The van der Waals surface area contributed by atoms with Gasteiger partial charge >= 0.3 is 0 Å². The van der Waals surface area contributed by atoms with Crippen molar-refractivity contribution in [2.45, 2.75) is 31.7 Å². The number of hydrogen-bond donors (Lipinski definition) is 3. The number of rotatable bonds is 7. The number of carbonyl (C=O) groups excluding carboxylic acids is 1. The second-order valence-electron chi connectivity index (χ2n) is 6.03. The third-order valence-corrected chi connectivity index (χ3v) is 4.91. The lowest BCUT2D eigenvalue weighted by molar-refractivity contribution is -0.120. The molecule has 0 aliphatic rings. The molecule has 140 valence electrons. The van der Waals surface area contributed by atoms with E-state index in [1.165, 1.54) is 18.4 Å². The Kier molecular flexibility index (Phi) is 6.90. The van der Waals surface area contributed by atoms with E-state index in [4.69, 9.17) is 16.6 Å². The molecule has 7 nitrogen and oxygen atoms in total. The molecule has 2 aromatic rings. The number of amides is 1. The maximum atomic E-state index is 12.3. The Morgan fingerprint density at radius 3 is 2.46 bits per heavy atom. The standard InChI is InChI=1S/C17H21N3O4S2/c1-12(2)10-16(21)20-17(25)19-13-5-7-15(8-6-13)26(22,23)18-11-14-4-3-9-24-14/h3-9,12,18H,10-11H2,1-2H3,(H2,19,20,21,25). The zero-order valence-electron chi connectivity index (χ0n) is 14.5. The van der Waals surface area contributed by atoms with Gasteiger partial charge in [-0.05, 0) is 54.5 Å². The SMILES string of the molecule is CC(C)CC(=O)NC(=S)Nc1ccc(S(=O)(=O)NCc2ccco2)cc1. The Hall–Kier alpha value is -2.23. The monoisotopic (exact) mass is 395 g/mol. The number of hydrogen-bond acceptors (Lipinski definition) is 5. The first-order chi connectivity index (χ1) is 12.3. The number of thiocarbonyl (C=S) groups is 1. The van der Waals surface area contributed by atoms with Gasteiger partial charge in [0.2, 0.25) is 15.9 Å². The topological polar surface area (TPSA) is 100 Å². The molecule has 9 heteroatoms. The van der Waals surface area contributed by atoms with Crippen molar-refractivity contribution in [3.8, 4) is 0 Å². The number of anilines is 1. The van der Waals surface area contributed by atoms with Crippen molar-refractivity contribution in [1.82, 2.24) is 10.0 Å². The molecule has 1 aromatic carbocycles. The first-order valence-electron chi connectivity index (χ1n) is 7.99. The molecule has 26 heavy (non-hydrogen) atoms. The summed E-state index contributed by atoms with van der Waals surface area (Å²) in [7, 11) is -3.65. The highest BCUT2D eigenvalue weighted by atomic mass is 32.2. The minimum absolute atomic E-state index is 0.0707. The molecule has 0 aliphatic heterocycles. The average molecular weight is 396 g/mol. The van der Waals surface area contributed by atoms with Crippen LogP contribution >= 0.6 is 12.2 Å². The summed E-state index contributed by atoms with van der Waals surface area (Å²) in [6.07, 6.45) is 1.85. The van der Waals surface area contributed by atoms with Gasteiger partial charge in [-0.15, -0.1) is 0 Å². The van der Waals surface area contributed by atoms with Crippen molar-refractivity contribution < 1.29 is 17.6 Å². The van der Waals surface area contributed by atoms with Gasteiger partial charge < -0.3 is 15.1 Å². The molecule has 1 amide bonds. The third kappa shape index (κ3) is 6.25. The Labute approximate surface area is 158 Å².